The summed E-state index contributed by atoms with van der Waals surface area (Å²) >= 11 is 1.43. The minimum absolute atomic E-state index is 0.200. The Bertz CT molecular complexity index is 906. The van der Waals surface area contributed by atoms with Gasteiger partial charge in [-0.2, -0.15) is 0 Å². The highest BCUT2D eigenvalue weighted by atomic mass is 32.1. The molecule has 3 heterocycles. The lowest BCUT2D eigenvalue weighted by atomic mass is 9.69. The molecule has 3 aliphatic rings. The van der Waals surface area contributed by atoms with Gasteiger partial charge in [-0.1, -0.05) is 27.2 Å². The highest BCUT2D eigenvalue weighted by Gasteiger charge is 2.55. The van der Waals surface area contributed by atoms with E-state index in [0.29, 0.717) is 29.3 Å². The molecule has 1 aromatic heterocycles. The maximum Gasteiger partial charge on any atom is 0.341 e. The second kappa shape index (κ2) is 8.20. The van der Waals surface area contributed by atoms with E-state index in [0.717, 1.165) is 36.1 Å². The van der Waals surface area contributed by atoms with Gasteiger partial charge in [-0.15, -0.1) is 11.3 Å². The van der Waals surface area contributed by atoms with E-state index < -0.39 is 29.9 Å². The van der Waals surface area contributed by atoms with Gasteiger partial charge in [0.25, 0.3) is 0 Å². The topological polar surface area (TPSA) is 102 Å². The van der Waals surface area contributed by atoms with Crippen molar-refractivity contribution in [2.75, 3.05) is 12.4 Å². The van der Waals surface area contributed by atoms with Crippen LogP contribution in [0, 0.1) is 23.2 Å². The lowest BCUT2D eigenvalue weighted by Crippen LogP contribution is -2.41. The number of methoxy groups -OCH3 is 1. The van der Waals surface area contributed by atoms with Crippen molar-refractivity contribution in [3.63, 3.8) is 0 Å². The number of ether oxygens (including phenoxy) is 2. The van der Waals surface area contributed by atoms with Crippen molar-refractivity contribution in [3.8, 4) is 0 Å². The molecule has 2 N–H and O–H groups in total. The molecular weight excluding hydrogens is 418 g/mol. The molecule has 8 heteroatoms. The minimum atomic E-state index is -1.00. The molecule has 0 saturated carbocycles. The summed E-state index contributed by atoms with van der Waals surface area (Å²) < 4.78 is 10.8. The van der Waals surface area contributed by atoms with Crippen LogP contribution in [0.4, 0.5) is 5.00 Å². The smallest absolute Gasteiger partial charge is 0.341 e. The fourth-order valence-electron chi connectivity index (χ4n) is 5.47. The first-order valence-corrected chi connectivity index (χ1v) is 11.9. The number of carboxylic acids is 1. The molecule has 0 spiro atoms. The third-order valence-corrected chi connectivity index (χ3v) is 8.94. The second-order valence-electron chi connectivity index (χ2n) is 9.65. The van der Waals surface area contributed by atoms with Crippen molar-refractivity contribution < 1.29 is 29.0 Å². The number of anilines is 1. The number of amides is 1. The molecule has 4 rings (SSSR count). The molecule has 2 saturated heterocycles. The maximum absolute atomic E-state index is 13.2. The van der Waals surface area contributed by atoms with Gasteiger partial charge in [-0.05, 0) is 49.0 Å². The standard InChI is InChI=1S/C23H31NO6S/c1-5-23(2,3)11-6-7-12-15(10-11)31-20(16(12)22(28)29-4)24-19(25)17-13-8-9-14(30-13)18(17)21(26)27/h11,13-14,17-18H,5-10H2,1-4H3,(H,24,25)(H,26,27)/t11-,13-,14-,17+,18-/m1/s1. The normalized spacial score (nSPS) is 29.5. The third kappa shape index (κ3) is 3.78. The summed E-state index contributed by atoms with van der Waals surface area (Å²) in [5.41, 5.74) is 1.60. The molecule has 1 aliphatic carbocycles. The van der Waals surface area contributed by atoms with Crippen LogP contribution in [0.5, 0.6) is 0 Å². The Hall–Kier alpha value is -1.93. The Balaban J connectivity index is 1.62. The van der Waals surface area contributed by atoms with Gasteiger partial charge in [0.2, 0.25) is 5.91 Å². The number of carboxylic acid groups (broad SMARTS) is 1. The summed E-state index contributed by atoms with van der Waals surface area (Å²) in [5.74, 6) is -2.92. The number of carbonyl (C=O) groups is 3. The quantitative estimate of drug-likeness (QED) is 0.639. The van der Waals surface area contributed by atoms with Gasteiger partial charge >= 0.3 is 11.9 Å². The molecule has 2 bridgehead atoms. The van der Waals surface area contributed by atoms with Crippen LogP contribution in [0.25, 0.3) is 0 Å². The Morgan fingerprint density at radius 1 is 1.19 bits per heavy atom. The van der Waals surface area contributed by atoms with Crippen LogP contribution in [0.1, 0.15) is 67.3 Å². The van der Waals surface area contributed by atoms with Crippen LogP contribution in [0.15, 0.2) is 0 Å². The average Bonchev–Trinajstić information content (AvgIpc) is 3.44. The number of aliphatic carboxylic acids is 1. The zero-order valence-corrected chi connectivity index (χ0v) is 19.3. The van der Waals surface area contributed by atoms with E-state index in [1.54, 1.807) is 0 Å². The van der Waals surface area contributed by atoms with Crippen molar-refractivity contribution >= 4 is 34.2 Å². The lowest BCUT2D eigenvalue weighted by Gasteiger charge is -2.36. The number of fused-ring (bicyclic) bond motifs is 3. The van der Waals surface area contributed by atoms with Crippen molar-refractivity contribution in [2.24, 2.45) is 23.2 Å². The maximum atomic E-state index is 13.2. The molecule has 7 nitrogen and oxygen atoms in total. The van der Waals surface area contributed by atoms with E-state index in [1.165, 1.54) is 18.4 Å². The van der Waals surface area contributed by atoms with Crippen molar-refractivity contribution in [1.29, 1.82) is 0 Å². The fourth-order valence-corrected chi connectivity index (χ4v) is 6.79. The summed E-state index contributed by atoms with van der Waals surface area (Å²) in [6.07, 6.45) is 4.27. The minimum Gasteiger partial charge on any atom is -0.481 e. The largest absolute Gasteiger partial charge is 0.481 e. The van der Waals surface area contributed by atoms with Gasteiger partial charge in [0, 0.05) is 4.88 Å². The number of carbonyl (C=O) groups excluding carboxylic acids is 2. The summed E-state index contributed by atoms with van der Waals surface area (Å²) in [7, 11) is 1.34. The van der Waals surface area contributed by atoms with Crippen LogP contribution in [0.3, 0.4) is 0 Å². The average molecular weight is 450 g/mol. The lowest BCUT2D eigenvalue weighted by molar-refractivity contribution is -0.147. The van der Waals surface area contributed by atoms with Crippen LogP contribution < -0.4 is 5.32 Å². The first-order chi connectivity index (χ1) is 14.7. The first-order valence-electron chi connectivity index (χ1n) is 11.1. The van der Waals surface area contributed by atoms with E-state index >= 15 is 0 Å². The highest BCUT2D eigenvalue weighted by Crippen LogP contribution is 2.47. The number of hydrogen-bond acceptors (Lipinski definition) is 6. The summed E-state index contributed by atoms with van der Waals surface area (Å²) in [4.78, 5) is 38.7. The number of esters is 1. The van der Waals surface area contributed by atoms with Gasteiger partial charge in [0.1, 0.15) is 5.00 Å². The predicted octanol–water partition coefficient (Wildman–Crippen LogP) is 3.89. The number of rotatable bonds is 6. The Morgan fingerprint density at radius 3 is 2.48 bits per heavy atom. The third-order valence-electron chi connectivity index (χ3n) is 7.77. The van der Waals surface area contributed by atoms with Crippen LogP contribution in [-0.4, -0.2) is 42.3 Å². The van der Waals surface area contributed by atoms with Crippen LogP contribution in [-0.2, 0) is 31.9 Å². The van der Waals surface area contributed by atoms with Gasteiger partial charge in [-0.3, -0.25) is 9.59 Å². The molecular formula is C23H31NO6S. The first kappa shape index (κ1) is 22.3. The van der Waals surface area contributed by atoms with E-state index in [1.807, 2.05) is 0 Å². The van der Waals surface area contributed by atoms with E-state index in [9.17, 15) is 19.5 Å². The van der Waals surface area contributed by atoms with Gasteiger partial charge in [0.15, 0.2) is 0 Å². The molecule has 0 radical (unpaired) electrons. The second-order valence-corrected chi connectivity index (χ2v) is 10.8. The monoisotopic (exact) mass is 449 g/mol. The molecule has 31 heavy (non-hydrogen) atoms. The van der Waals surface area contributed by atoms with Crippen LogP contribution in [0.2, 0.25) is 0 Å². The Morgan fingerprint density at radius 2 is 1.87 bits per heavy atom. The van der Waals surface area contributed by atoms with Gasteiger partial charge < -0.3 is 19.9 Å². The molecule has 2 aliphatic heterocycles. The molecule has 0 unspecified atom stereocenters. The number of nitrogens with one attached hydrogen (secondary N) is 1. The summed E-state index contributed by atoms with van der Waals surface area (Å²) in [6.45, 7) is 6.76. The van der Waals surface area contributed by atoms with Crippen molar-refractivity contribution in [2.45, 2.75) is 71.5 Å². The van der Waals surface area contributed by atoms with E-state index in [-0.39, 0.29) is 17.4 Å². The molecule has 5 atom stereocenters. The van der Waals surface area contributed by atoms with Gasteiger partial charge in [0.05, 0.1) is 36.7 Å². The van der Waals surface area contributed by atoms with Crippen molar-refractivity contribution in [1.82, 2.24) is 0 Å². The number of thiophene rings is 1. The zero-order chi connectivity index (χ0) is 22.5. The van der Waals surface area contributed by atoms with Crippen molar-refractivity contribution in [3.05, 3.63) is 16.0 Å². The van der Waals surface area contributed by atoms with E-state index in [2.05, 4.69) is 26.1 Å². The van der Waals surface area contributed by atoms with Crippen LogP contribution >= 0.6 is 11.3 Å². The Kier molecular flexibility index (Phi) is 5.89. The molecule has 2 fully saturated rings. The summed E-state index contributed by atoms with van der Waals surface area (Å²) in [6, 6.07) is 0. The van der Waals surface area contributed by atoms with Gasteiger partial charge in [-0.25, -0.2) is 4.79 Å². The zero-order valence-electron chi connectivity index (χ0n) is 18.5. The fraction of sp³-hybridized carbons (Fsp3) is 0.696. The molecule has 0 aromatic carbocycles. The number of hydrogen-bond donors (Lipinski definition) is 2. The molecule has 170 valence electrons. The predicted molar refractivity (Wildman–Crippen MR) is 116 cm³/mol. The molecule has 1 aromatic rings. The van der Waals surface area contributed by atoms with E-state index in [4.69, 9.17) is 9.47 Å². The highest BCUT2D eigenvalue weighted by molar-refractivity contribution is 7.17. The molecule has 1 amide bonds. The Labute approximate surface area is 186 Å². The SMILES string of the molecule is CCC(C)(C)[C@@H]1CCc2c(sc(NC(=O)[C@@H]3[C@H](C(=O)O)[C@H]4CC[C@H]3O4)c2C(=O)OC)C1. The summed E-state index contributed by atoms with van der Waals surface area (Å²) in [5, 5.41) is 13.0.